The fourth-order valence-corrected chi connectivity index (χ4v) is 2.10. The molecular weight excluding hydrogens is 282 g/mol. The van der Waals surface area contributed by atoms with Gasteiger partial charge in [0.05, 0.1) is 13.5 Å². The number of methoxy groups -OCH3 is 1. The van der Waals surface area contributed by atoms with Crippen molar-refractivity contribution < 1.29 is 19.1 Å². The average molecular weight is 300 g/mol. The summed E-state index contributed by atoms with van der Waals surface area (Å²) in [6.07, 6.45) is 0.452. The third-order valence-electron chi connectivity index (χ3n) is 3.07. The standard InChI is InChI=1S/C14H17NO4.ClH/c1-18-14(17)12-8-11(9-15-12)19-13(16)7-10-5-3-2-4-6-10;/h2-6,11-12,15H,7-9H2,1H3;1H/t11-,12-;/m0./s1. The van der Waals surface area contributed by atoms with Crippen molar-refractivity contribution >= 4 is 24.3 Å². The Morgan fingerprint density at radius 2 is 2.00 bits per heavy atom. The molecule has 1 aromatic rings. The first-order valence-electron chi connectivity index (χ1n) is 6.23. The van der Waals surface area contributed by atoms with E-state index >= 15 is 0 Å². The van der Waals surface area contributed by atoms with Gasteiger partial charge < -0.3 is 14.8 Å². The number of esters is 2. The predicted molar refractivity (Wildman–Crippen MR) is 75.7 cm³/mol. The minimum Gasteiger partial charge on any atom is -0.468 e. The molecular formula is C14H18ClNO4. The molecule has 1 saturated heterocycles. The van der Waals surface area contributed by atoms with Crippen LogP contribution >= 0.6 is 12.4 Å². The Morgan fingerprint density at radius 3 is 2.65 bits per heavy atom. The Kier molecular flexibility index (Phi) is 6.48. The maximum absolute atomic E-state index is 11.7. The number of hydrogen-bond donors (Lipinski definition) is 1. The first-order chi connectivity index (χ1) is 9.19. The van der Waals surface area contributed by atoms with Crippen molar-refractivity contribution in [3.8, 4) is 0 Å². The second kappa shape index (κ2) is 7.87. The Morgan fingerprint density at radius 1 is 1.30 bits per heavy atom. The summed E-state index contributed by atoms with van der Waals surface area (Å²) in [5.41, 5.74) is 0.919. The van der Waals surface area contributed by atoms with E-state index in [1.54, 1.807) is 0 Å². The van der Waals surface area contributed by atoms with Crippen LogP contribution in [0.25, 0.3) is 0 Å². The zero-order valence-electron chi connectivity index (χ0n) is 11.2. The van der Waals surface area contributed by atoms with E-state index in [1.807, 2.05) is 30.3 Å². The summed E-state index contributed by atoms with van der Waals surface area (Å²) < 4.78 is 9.97. The van der Waals surface area contributed by atoms with Crippen molar-refractivity contribution in [1.29, 1.82) is 0 Å². The molecule has 1 fully saturated rings. The van der Waals surface area contributed by atoms with E-state index in [0.29, 0.717) is 13.0 Å². The molecule has 5 nitrogen and oxygen atoms in total. The van der Waals surface area contributed by atoms with Crippen LogP contribution in [0.3, 0.4) is 0 Å². The zero-order valence-corrected chi connectivity index (χ0v) is 12.0. The maximum Gasteiger partial charge on any atom is 0.323 e. The molecule has 1 aliphatic rings. The molecule has 0 aromatic heterocycles. The van der Waals surface area contributed by atoms with E-state index < -0.39 is 0 Å². The van der Waals surface area contributed by atoms with Crippen molar-refractivity contribution in [2.45, 2.75) is 25.0 Å². The molecule has 1 heterocycles. The maximum atomic E-state index is 11.7. The number of hydrogen-bond acceptors (Lipinski definition) is 5. The van der Waals surface area contributed by atoms with Gasteiger partial charge in [-0.25, -0.2) is 0 Å². The summed E-state index contributed by atoms with van der Waals surface area (Å²) in [4.78, 5) is 23.1. The average Bonchev–Trinajstić information content (AvgIpc) is 2.87. The van der Waals surface area contributed by atoms with Crippen LogP contribution in [0, 0.1) is 0 Å². The quantitative estimate of drug-likeness (QED) is 0.844. The summed E-state index contributed by atoms with van der Waals surface area (Å²) in [6.45, 7) is 0.486. The first-order valence-corrected chi connectivity index (χ1v) is 6.23. The Balaban J connectivity index is 0.00000200. The van der Waals surface area contributed by atoms with Crippen molar-refractivity contribution in [2.75, 3.05) is 13.7 Å². The molecule has 1 N–H and O–H groups in total. The Hall–Kier alpha value is -1.59. The molecule has 2 atom stereocenters. The van der Waals surface area contributed by atoms with Crippen LogP contribution in [0.15, 0.2) is 30.3 Å². The normalized spacial score (nSPS) is 20.9. The number of carbonyl (C=O) groups excluding carboxylic acids is 2. The molecule has 0 radical (unpaired) electrons. The number of halogens is 1. The van der Waals surface area contributed by atoms with E-state index in [4.69, 9.17) is 4.74 Å². The van der Waals surface area contributed by atoms with Crippen LogP contribution in [0.4, 0.5) is 0 Å². The van der Waals surface area contributed by atoms with Gasteiger partial charge in [-0.05, 0) is 5.56 Å². The van der Waals surface area contributed by atoms with Gasteiger partial charge in [-0.3, -0.25) is 9.59 Å². The highest BCUT2D eigenvalue weighted by atomic mass is 35.5. The van der Waals surface area contributed by atoms with Gasteiger partial charge in [0.25, 0.3) is 0 Å². The highest BCUT2D eigenvalue weighted by Gasteiger charge is 2.32. The van der Waals surface area contributed by atoms with Gasteiger partial charge >= 0.3 is 11.9 Å². The zero-order chi connectivity index (χ0) is 13.7. The van der Waals surface area contributed by atoms with Crippen molar-refractivity contribution in [1.82, 2.24) is 5.32 Å². The number of rotatable bonds is 4. The van der Waals surface area contributed by atoms with E-state index in [0.717, 1.165) is 5.56 Å². The second-order valence-corrected chi connectivity index (χ2v) is 4.49. The monoisotopic (exact) mass is 299 g/mol. The minimum atomic E-state index is -0.375. The molecule has 6 heteroatoms. The smallest absolute Gasteiger partial charge is 0.323 e. The number of carbonyl (C=O) groups is 2. The molecule has 0 unspecified atom stereocenters. The van der Waals surface area contributed by atoms with Crippen LogP contribution in [0.2, 0.25) is 0 Å². The van der Waals surface area contributed by atoms with E-state index in [2.05, 4.69) is 10.1 Å². The van der Waals surface area contributed by atoms with Gasteiger partial charge in [0.2, 0.25) is 0 Å². The molecule has 0 bridgehead atoms. The van der Waals surface area contributed by atoms with Gasteiger partial charge in [0, 0.05) is 13.0 Å². The number of nitrogens with one attached hydrogen (secondary N) is 1. The Labute approximate surface area is 124 Å². The fourth-order valence-electron chi connectivity index (χ4n) is 2.10. The van der Waals surface area contributed by atoms with Gasteiger partial charge in [0.15, 0.2) is 0 Å². The summed E-state index contributed by atoms with van der Waals surface area (Å²) in [6, 6.07) is 9.05. The fraction of sp³-hybridized carbons (Fsp3) is 0.429. The molecule has 0 spiro atoms. The van der Waals surface area contributed by atoms with Crippen LogP contribution in [0.5, 0.6) is 0 Å². The van der Waals surface area contributed by atoms with Crippen molar-refractivity contribution in [3.05, 3.63) is 35.9 Å². The summed E-state index contributed by atoms with van der Waals surface area (Å²) in [7, 11) is 1.35. The highest BCUT2D eigenvalue weighted by Crippen LogP contribution is 2.13. The molecule has 20 heavy (non-hydrogen) atoms. The second-order valence-electron chi connectivity index (χ2n) is 4.49. The van der Waals surface area contributed by atoms with Crippen molar-refractivity contribution in [3.63, 3.8) is 0 Å². The van der Waals surface area contributed by atoms with Crippen LogP contribution in [0.1, 0.15) is 12.0 Å². The summed E-state index contributed by atoms with van der Waals surface area (Å²) in [5, 5.41) is 2.97. The van der Waals surface area contributed by atoms with Crippen LogP contribution in [-0.2, 0) is 25.5 Å². The van der Waals surface area contributed by atoms with Gasteiger partial charge in [-0.15, -0.1) is 12.4 Å². The molecule has 0 amide bonds. The highest BCUT2D eigenvalue weighted by molar-refractivity contribution is 5.85. The topological polar surface area (TPSA) is 64.6 Å². The summed E-state index contributed by atoms with van der Waals surface area (Å²) in [5.74, 6) is -0.592. The SMILES string of the molecule is COC(=O)[C@@H]1C[C@H](OC(=O)Cc2ccccc2)CN1.Cl. The molecule has 110 valence electrons. The van der Waals surface area contributed by atoms with E-state index in [9.17, 15) is 9.59 Å². The number of ether oxygens (including phenoxy) is 2. The number of benzene rings is 1. The largest absolute Gasteiger partial charge is 0.468 e. The summed E-state index contributed by atoms with van der Waals surface area (Å²) >= 11 is 0. The third-order valence-corrected chi connectivity index (χ3v) is 3.07. The predicted octanol–water partition coefficient (Wildman–Crippen LogP) is 1.10. The first kappa shape index (κ1) is 16.5. The molecule has 2 rings (SSSR count). The third kappa shape index (κ3) is 4.51. The van der Waals surface area contributed by atoms with E-state index in [-0.39, 0.29) is 42.9 Å². The lowest BCUT2D eigenvalue weighted by molar-refractivity contribution is -0.149. The van der Waals surface area contributed by atoms with Crippen LogP contribution in [-0.4, -0.2) is 37.7 Å². The van der Waals surface area contributed by atoms with Gasteiger partial charge in [-0.2, -0.15) is 0 Å². The Bertz CT molecular complexity index is 452. The molecule has 0 aliphatic carbocycles. The van der Waals surface area contributed by atoms with Crippen molar-refractivity contribution in [2.24, 2.45) is 0 Å². The lowest BCUT2D eigenvalue weighted by Gasteiger charge is -2.11. The lowest BCUT2D eigenvalue weighted by atomic mass is 10.1. The molecule has 1 aromatic carbocycles. The molecule has 0 saturated carbocycles. The van der Waals surface area contributed by atoms with Crippen LogP contribution < -0.4 is 5.32 Å². The van der Waals surface area contributed by atoms with Gasteiger partial charge in [-0.1, -0.05) is 30.3 Å². The van der Waals surface area contributed by atoms with Gasteiger partial charge in [0.1, 0.15) is 12.1 Å². The minimum absolute atomic E-state index is 0. The lowest BCUT2D eigenvalue weighted by Crippen LogP contribution is -2.31. The van der Waals surface area contributed by atoms with E-state index in [1.165, 1.54) is 7.11 Å². The molecule has 1 aliphatic heterocycles.